The van der Waals surface area contributed by atoms with E-state index in [1.54, 1.807) is 0 Å². The zero-order valence-electron chi connectivity index (χ0n) is 24.4. The Kier molecular flexibility index (Phi) is 7.71. The van der Waals surface area contributed by atoms with Crippen LogP contribution in [0.4, 0.5) is 0 Å². The molecule has 0 fully saturated rings. The van der Waals surface area contributed by atoms with E-state index in [2.05, 4.69) is 142 Å². The van der Waals surface area contributed by atoms with Crippen LogP contribution < -0.4 is 5.63 Å². The molecule has 2 aromatic carbocycles. The summed E-state index contributed by atoms with van der Waals surface area (Å²) in [6.07, 6.45) is 9.31. The Hall–Kier alpha value is -2.12. The molecule has 0 spiro atoms. The summed E-state index contributed by atoms with van der Waals surface area (Å²) in [6.45, 7) is 22.6. The van der Waals surface area contributed by atoms with Crippen molar-refractivity contribution in [3.05, 3.63) is 106 Å². The molecule has 37 heavy (non-hydrogen) atoms. The number of rotatable bonds is 8. The predicted molar refractivity (Wildman–Crippen MR) is 154 cm³/mol. The standard InChI is InChI=1S/2C9H12O.2C8H11.Zr/c2*1-7(2)8-4-3-5-9(10)6-8;2*1-6-4-5-7(2)8(6)3;/h2*3-7,10H,1-2H3;2*4-5H,1-3H3;/q;;;;+2/p-2. The fourth-order valence-corrected chi connectivity index (χ4v) is 17.8. The molecule has 0 aliphatic heterocycles. The molecule has 0 N–H and O–H groups in total. The molecule has 3 heteroatoms. The molecule has 0 bridgehead atoms. The van der Waals surface area contributed by atoms with Crippen LogP contribution in [0.2, 0.25) is 6.25 Å². The second-order valence-corrected chi connectivity index (χ2v) is 21.1. The molecule has 196 valence electrons. The molecule has 0 amide bonds. The fraction of sp³-hybridized carbons (Fsp3) is 0.412. The topological polar surface area (TPSA) is 18.5 Å². The molecular weight excluding hydrogens is 532 g/mol. The van der Waals surface area contributed by atoms with Gasteiger partial charge in [0.2, 0.25) is 0 Å². The molecule has 0 saturated heterocycles. The van der Waals surface area contributed by atoms with E-state index < -0.39 is 21.1 Å². The number of benzene rings is 2. The third-order valence-electron chi connectivity index (χ3n) is 9.01. The maximum atomic E-state index is 7.53. The molecule has 2 aliphatic rings. The molecule has 0 saturated carbocycles. The molecule has 0 aromatic heterocycles. The van der Waals surface area contributed by atoms with E-state index in [9.17, 15) is 0 Å². The van der Waals surface area contributed by atoms with Crippen molar-refractivity contribution in [1.82, 2.24) is 0 Å². The van der Waals surface area contributed by atoms with E-state index in [4.69, 9.17) is 5.63 Å². The monoisotopic (exact) mass is 574 g/mol. The molecule has 4 rings (SSSR count). The average Bonchev–Trinajstić information content (AvgIpc) is 3.30. The van der Waals surface area contributed by atoms with Crippen LogP contribution in [0.15, 0.2) is 95.1 Å². The summed E-state index contributed by atoms with van der Waals surface area (Å²) in [5.41, 5.74) is 7.90. The molecule has 2 atom stereocenters. The van der Waals surface area contributed by atoms with Crippen molar-refractivity contribution in [3.63, 3.8) is 0 Å². The van der Waals surface area contributed by atoms with Gasteiger partial charge in [-0.25, -0.2) is 0 Å². The summed E-state index contributed by atoms with van der Waals surface area (Å²) in [4.78, 5) is 0. The van der Waals surface area contributed by atoms with E-state index >= 15 is 0 Å². The fourth-order valence-electron chi connectivity index (χ4n) is 5.81. The van der Waals surface area contributed by atoms with Crippen molar-refractivity contribution in [2.75, 3.05) is 0 Å². The Morgan fingerprint density at radius 1 is 0.622 bits per heavy atom. The zero-order valence-corrected chi connectivity index (χ0v) is 26.9. The SMILES string of the molecule is CC1=C(C)[C](C)([Zr]([O]c2cccc(C(C)C)c2)([O]c2cccc(C(C)C)c2)[C]2(C)C=CC(C)=C2C)C=C1. The summed E-state index contributed by atoms with van der Waals surface area (Å²) in [5, 5.41) is 0. The van der Waals surface area contributed by atoms with Gasteiger partial charge in [0.1, 0.15) is 0 Å². The molecule has 0 heterocycles. The van der Waals surface area contributed by atoms with Crippen LogP contribution in [0, 0.1) is 0 Å². The zero-order chi connectivity index (χ0) is 27.2. The van der Waals surface area contributed by atoms with Gasteiger partial charge in [0.25, 0.3) is 0 Å². The quantitative estimate of drug-likeness (QED) is 0.312. The third-order valence-corrected chi connectivity index (χ3v) is 21.0. The Labute approximate surface area is 230 Å². The van der Waals surface area contributed by atoms with Crippen LogP contribution >= 0.6 is 0 Å². The van der Waals surface area contributed by atoms with Gasteiger partial charge in [-0.15, -0.1) is 0 Å². The van der Waals surface area contributed by atoms with Crippen molar-refractivity contribution >= 4 is 0 Å². The van der Waals surface area contributed by atoms with Gasteiger partial charge in [0.15, 0.2) is 0 Å². The second-order valence-electron chi connectivity index (χ2n) is 12.0. The van der Waals surface area contributed by atoms with Crippen LogP contribution in [0.25, 0.3) is 0 Å². The van der Waals surface area contributed by atoms with E-state index in [-0.39, 0.29) is 6.25 Å². The first kappa shape index (κ1) is 27.9. The van der Waals surface area contributed by atoms with Crippen molar-refractivity contribution < 1.29 is 26.8 Å². The van der Waals surface area contributed by atoms with Crippen molar-refractivity contribution in [2.45, 2.75) is 87.3 Å². The molecular formula is C34H44O2Zr. The van der Waals surface area contributed by atoms with Gasteiger partial charge in [0.05, 0.1) is 0 Å². The summed E-state index contributed by atoms with van der Waals surface area (Å²) in [5.74, 6) is 2.68. The van der Waals surface area contributed by atoms with Gasteiger partial charge in [-0.2, -0.15) is 0 Å². The Balaban J connectivity index is 2.02. The van der Waals surface area contributed by atoms with Crippen LogP contribution in [0.3, 0.4) is 0 Å². The molecule has 0 radical (unpaired) electrons. The van der Waals surface area contributed by atoms with Gasteiger partial charge >= 0.3 is 232 Å². The Morgan fingerprint density at radius 3 is 1.30 bits per heavy atom. The van der Waals surface area contributed by atoms with E-state index in [1.165, 1.54) is 33.4 Å². The van der Waals surface area contributed by atoms with E-state index in [1.807, 2.05) is 0 Å². The molecule has 2 unspecified atom stereocenters. The average molecular weight is 576 g/mol. The minimum absolute atomic E-state index is 0.314. The minimum atomic E-state index is -4.40. The van der Waals surface area contributed by atoms with Crippen molar-refractivity contribution in [3.8, 4) is 11.5 Å². The van der Waals surface area contributed by atoms with Crippen molar-refractivity contribution in [1.29, 1.82) is 0 Å². The van der Waals surface area contributed by atoms with E-state index in [0.717, 1.165) is 11.5 Å². The molecule has 2 aliphatic carbocycles. The van der Waals surface area contributed by atoms with Crippen molar-refractivity contribution in [2.24, 2.45) is 0 Å². The molecule has 2 aromatic rings. The summed E-state index contributed by atoms with van der Waals surface area (Å²) >= 11 is -4.40. The maximum absolute atomic E-state index is 7.53. The first-order chi connectivity index (χ1) is 17.3. The summed E-state index contributed by atoms with van der Waals surface area (Å²) < 4.78 is 14.4. The number of allylic oxidation sites excluding steroid dienone is 8. The normalized spacial score (nSPS) is 23.7. The first-order valence-electron chi connectivity index (χ1n) is 13.7. The molecule has 2 nitrogen and oxygen atoms in total. The van der Waals surface area contributed by atoms with Crippen LogP contribution in [0.5, 0.6) is 11.5 Å². The van der Waals surface area contributed by atoms with Crippen LogP contribution in [-0.4, -0.2) is 0 Å². The van der Waals surface area contributed by atoms with Crippen LogP contribution in [0.1, 0.15) is 92.2 Å². The predicted octanol–water partition coefficient (Wildman–Crippen LogP) is 10.5. The number of hydrogen-bond donors (Lipinski definition) is 0. The Morgan fingerprint density at radius 2 is 1.00 bits per heavy atom. The van der Waals surface area contributed by atoms with Gasteiger partial charge < -0.3 is 0 Å². The van der Waals surface area contributed by atoms with Crippen LogP contribution in [-0.2, 0) is 21.1 Å². The summed E-state index contributed by atoms with van der Waals surface area (Å²) in [7, 11) is 0. The van der Waals surface area contributed by atoms with Gasteiger partial charge in [-0.3, -0.25) is 0 Å². The van der Waals surface area contributed by atoms with Gasteiger partial charge in [0, 0.05) is 0 Å². The van der Waals surface area contributed by atoms with Gasteiger partial charge in [-0.05, 0) is 0 Å². The summed E-state index contributed by atoms with van der Waals surface area (Å²) in [6, 6.07) is 17.3. The van der Waals surface area contributed by atoms with E-state index in [0.29, 0.717) is 11.8 Å². The third kappa shape index (κ3) is 4.67. The van der Waals surface area contributed by atoms with Gasteiger partial charge in [-0.1, -0.05) is 0 Å². The second kappa shape index (κ2) is 10.2. The first-order valence-corrected chi connectivity index (χ1v) is 18.1. The Bertz CT molecular complexity index is 1210. The number of hydrogen-bond acceptors (Lipinski definition) is 2.